The lowest BCUT2D eigenvalue weighted by atomic mass is 9.95. The molecule has 0 fully saturated rings. The summed E-state index contributed by atoms with van der Waals surface area (Å²) in [5.41, 5.74) is 2.79. The molecule has 0 atom stereocenters. The van der Waals surface area contributed by atoms with Gasteiger partial charge in [-0.3, -0.25) is 14.5 Å². The van der Waals surface area contributed by atoms with Gasteiger partial charge in [0.05, 0.1) is 35.0 Å². The first-order valence-corrected chi connectivity index (χ1v) is 13.8. The van der Waals surface area contributed by atoms with E-state index in [2.05, 4.69) is 41.1 Å². The van der Waals surface area contributed by atoms with E-state index in [0.29, 0.717) is 45.3 Å². The fraction of sp³-hybridized carbons (Fsp3) is 0.194. The number of pyridine rings is 1. The number of carbonyl (C=O) groups is 1. The molecule has 0 bridgehead atoms. The Hall–Kier alpha value is -5.72. The zero-order chi connectivity index (χ0) is 31.2. The molecule has 0 saturated carbocycles. The van der Waals surface area contributed by atoms with Crippen LogP contribution in [0.4, 0.5) is 26.5 Å². The highest BCUT2D eigenvalue weighted by molar-refractivity contribution is 6.02. The number of benzene rings is 2. The number of nitrogens with one attached hydrogen (secondary N) is 4. The minimum atomic E-state index is -0.710. The summed E-state index contributed by atoms with van der Waals surface area (Å²) in [6.07, 6.45) is 4.84. The van der Waals surface area contributed by atoms with Gasteiger partial charge in [-0.2, -0.15) is 10.1 Å². The maximum absolute atomic E-state index is 15.0. The van der Waals surface area contributed by atoms with E-state index in [1.807, 2.05) is 39.0 Å². The topological polar surface area (TPSA) is 155 Å². The molecule has 0 aliphatic heterocycles. The van der Waals surface area contributed by atoms with Crippen LogP contribution in [-0.4, -0.2) is 47.8 Å². The lowest BCUT2D eigenvalue weighted by Crippen LogP contribution is -2.23. The third-order valence-electron chi connectivity index (χ3n) is 7.12. The third-order valence-corrected chi connectivity index (χ3v) is 7.12. The molecule has 12 nitrogen and oxygen atoms in total. The number of fused-ring (bicyclic) bond motifs is 2. The average Bonchev–Trinajstić information content (AvgIpc) is 3.48. The monoisotopic (exact) mass is 592 g/mol. The minimum Gasteiger partial charge on any atom is -0.357 e. The van der Waals surface area contributed by atoms with Gasteiger partial charge in [-0.15, -0.1) is 0 Å². The van der Waals surface area contributed by atoms with Crippen molar-refractivity contribution in [2.75, 3.05) is 23.0 Å². The fourth-order valence-corrected chi connectivity index (χ4v) is 4.78. The van der Waals surface area contributed by atoms with Gasteiger partial charge in [-0.25, -0.2) is 24.1 Å². The molecule has 2 amide bonds. The van der Waals surface area contributed by atoms with Crippen molar-refractivity contribution in [3.8, 4) is 22.4 Å². The Bertz CT molecular complexity index is 2130. The first-order chi connectivity index (χ1) is 21.0. The molecule has 4 aromatic heterocycles. The van der Waals surface area contributed by atoms with Crippen LogP contribution in [-0.2, 0) is 12.5 Å². The van der Waals surface area contributed by atoms with Crippen molar-refractivity contribution in [3.05, 3.63) is 83.1 Å². The van der Waals surface area contributed by atoms with Crippen LogP contribution in [0.5, 0.6) is 0 Å². The van der Waals surface area contributed by atoms with Crippen LogP contribution in [0.15, 0.2) is 65.8 Å². The van der Waals surface area contributed by atoms with Gasteiger partial charge in [-0.1, -0.05) is 32.9 Å². The molecule has 4 N–H and O–H groups in total. The summed E-state index contributed by atoms with van der Waals surface area (Å²) in [6.45, 7) is 5.99. The molecule has 0 unspecified atom stereocenters. The van der Waals surface area contributed by atoms with E-state index >= 15 is 0 Å². The average molecular weight is 593 g/mol. The highest BCUT2D eigenvalue weighted by Crippen LogP contribution is 2.31. The van der Waals surface area contributed by atoms with E-state index in [9.17, 15) is 14.0 Å². The SMILES string of the molecule is CNc1ncc2cc(-c3ccc(F)c(NC(=O)Nc4cnc(C(C)(C)C)nc4-c4ccc5[nH]ncc5c4)c3)c(=O)n(C)c2n1. The fourth-order valence-electron chi connectivity index (χ4n) is 4.78. The Morgan fingerprint density at radius 2 is 1.68 bits per heavy atom. The maximum Gasteiger partial charge on any atom is 0.323 e. The van der Waals surface area contributed by atoms with E-state index in [1.165, 1.54) is 29.0 Å². The van der Waals surface area contributed by atoms with E-state index < -0.39 is 11.8 Å². The van der Waals surface area contributed by atoms with Gasteiger partial charge < -0.3 is 16.0 Å². The highest BCUT2D eigenvalue weighted by atomic mass is 19.1. The summed E-state index contributed by atoms with van der Waals surface area (Å²) in [5, 5.41) is 16.7. The molecule has 13 heteroatoms. The van der Waals surface area contributed by atoms with Gasteiger partial charge in [-0.05, 0) is 35.9 Å². The summed E-state index contributed by atoms with van der Waals surface area (Å²) in [5.74, 6) is 0.297. The number of aromatic amines is 1. The molecule has 44 heavy (non-hydrogen) atoms. The van der Waals surface area contributed by atoms with Gasteiger partial charge in [0.1, 0.15) is 17.3 Å². The van der Waals surface area contributed by atoms with Crippen LogP contribution in [0.2, 0.25) is 0 Å². The number of hydrogen-bond acceptors (Lipinski definition) is 8. The molecule has 222 valence electrons. The Kier molecular flexibility index (Phi) is 7.00. The maximum atomic E-state index is 15.0. The van der Waals surface area contributed by atoms with Crippen molar-refractivity contribution < 1.29 is 9.18 Å². The van der Waals surface area contributed by atoms with Crippen LogP contribution in [0, 0.1) is 5.82 Å². The summed E-state index contributed by atoms with van der Waals surface area (Å²) >= 11 is 0. The number of aromatic nitrogens is 7. The first-order valence-electron chi connectivity index (χ1n) is 13.8. The van der Waals surface area contributed by atoms with E-state index in [1.54, 1.807) is 32.6 Å². The molecule has 0 aliphatic rings. The van der Waals surface area contributed by atoms with Crippen molar-refractivity contribution in [2.24, 2.45) is 7.05 Å². The predicted molar refractivity (Wildman–Crippen MR) is 168 cm³/mol. The molecule has 0 aliphatic carbocycles. The molecule has 0 spiro atoms. The second-order valence-corrected chi connectivity index (χ2v) is 11.3. The van der Waals surface area contributed by atoms with Crippen molar-refractivity contribution >= 4 is 45.3 Å². The largest absolute Gasteiger partial charge is 0.357 e. The lowest BCUT2D eigenvalue weighted by molar-refractivity contribution is 0.262. The Labute approximate surface area is 250 Å². The molecule has 0 radical (unpaired) electrons. The second-order valence-electron chi connectivity index (χ2n) is 11.3. The van der Waals surface area contributed by atoms with E-state index in [4.69, 9.17) is 4.98 Å². The molecular weight excluding hydrogens is 563 g/mol. The summed E-state index contributed by atoms with van der Waals surface area (Å²) < 4.78 is 16.4. The summed E-state index contributed by atoms with van der Waals surface area (Å²) in [4.78, 5) is 44.3. The van der Waals surface area contributed by atoms with Crippen LogP contribution in [0.3, 0.4) is 0 Å². The van der Waals surface area contributed by atoms with Gasteiger partial charge in [0.25, 0.3) is 5.56 Å². The number of urea groups is 1. The summed E-state index contributed by atoms with van der Waals surface area (Å²) in [6, 6.07) is 10.7. The van der Waals surface area contributed by atoms with Crippen LogP contribution < -0.4 is 21.5 Å². The number of amides is 2. The molecule has 0 saturated heterocycles. The van der Waals surface area contributed by atoms with Crippen molar-refractivity contribution in [3.63, 3.8) is 0 Å². The van der Waals surface area contributed by atoms with Gasteiger partial charge in [0.15, 0.2) is 0 Å². The van der Waals surface area contributed by atoms with Gasteiger partial charge >= 0.3 is 6.03 Å². The summed E-state index contributed by atoms with van der Waals surface area (Å²) in [7, 11) is 3.29. The molecular formula is C31H29FN10O2. The molecule has 4 heterocycles. The molecule has 2 aromatic carbocycles. The van der Waals surface area contributed by atoms with Crippen LogP contribution in [0.25, 0.3) is 44.3 Å². The van der Waals surface area contributed by atoms with Crippen LogP contribution >= 0.6 is 0 Å². The van der Waals surface area contributed by atoms with E-state index in [0.717, 1.165) is 16.5 Å². The van der Waals surface area contributed by atoms with Crippen LogP contribution in [0.1, 0.15) is 26.6 Å². The number of rotatable bonds is 5. The standard InChI is InChI=1S/C31H29FN10O2/c1-31(2,3)28-34-15-24(25(39-28)17-7-9-22-18(10-17)14-36-41-22)38-30(44)37-23-12-16(6-8-21(23)32)20-11-19-13-35-29(33-4)40-26(19)42(5)27(20)43/h6-15H,1-5H3,(H,36,41)(H,33,35,40)(H2,37,38,44). The molecule has 6 aromatic rings. The van der Waals surface area contributed by atoms with Crippen molar-refractivity contribution in [2.45, 2.75) is 26.2 Å². The number of aryl methyl sites for hydroxylation is 1. The van der Waals surface area contributed by atoms with Crippen molar-refractivity contribution in [1.29, 1.82) is 0 Å². The number of halogens is 1. The Balaban J connectivity index is 1.33. The van der Waals surface area contributed by atoms with E-state index in [-0.39, 0.29) is 16.7 Å². The Morgan fingerprint density at radius 3 is 2.45 bits per heavy atom. The smallest absolute Gasteiger partial charge is 0.323 e. The van der Waals surface area contributed by atoms with Crippen molar-refractivity contribution in [1.82, 2.24) is 34.7 Å². The normalized spacial score (nSPS) is 11.6. The second kappa shape index (κ2) is 10.8. The number of carbonyl (C=O) groups excluding carboxylic acids is 1. The molecule has 6 rings (SSSR count). The highest BCUT2D eigenvalue weighted by Gasteiger charge is 2.22. The lowest BCUT2D eigenvalue weighted by Gasteiger charge is -2.19. The third kappa shape index (κ3) is 5.30. The number of H-pyrrole nitrogens is 1. The quantitative estimate of drug-likeness (QED) is 0.206. The number of hydrogen-bond donors (Lipinski definition) is 4. The van der Waals surface area contributed by atoms with Gasteiger partial charge in [0.2, 0.25) is 5.95 Å². The number of nitrogens with zero attached hydrogens (tertiary/aromatic N) is 6. The first kappa shape index (κ1) is 28.4. The number of anilines is 3. The zero-order valence-electron chi connectivity index (χ0n) is 24.7. The minimum absolute atomic E-state index is 0.113. The zero-order valence-corrected chi connectivity index (χ0v) is 24.7. The van der Waals surface area contributed by atoms with Gasteiger partial charge in [0, 0.05) is 47.6 Å². The Morgan fingerprint density at radius 1 is 0.909 bits per heavy atom. The predicted octanol–water partition coefficient (Wildman–Crippen LogP) is 5.45.